The molecule has 0 amide bonds. The molecule has 0 bridgehead atoms. The summed E-state index contributed by atoms with van der Waals surface area (Å²) in [4.78, 5) is 4.85. The van der Waals surface area contributed by atoms with Crippen LogP contribution in [0.15, 0.2) is 35.3 Å². The number of hydrogen-bond acceptors (Lipinski definition) is 3. The van der Waals surface area contributed by atoms with Crippen molar-refractivity contribution in [2.24, 2.45) is 4.99 Å². The van der Waals surface area contributed by atoms with Crippen LogP contribution in [-0.4, -0.2) is 51.5 Å². The second-order valence-corrected chi connectivity index (χ2v) is 7.30. The smallest absolute Gasteiger partial charge is 0.191 e. The molecule has 1 aromatic rings. The van der Waals surface area contributed by atoms with E-state index in [4.69, 9.17) is 14.5 Å². The first-order valence-electron chi connectivity index (χ1n) is 10.1. The lowest BCUT2D eigenvalue weighted by Gasteiger charge is -2.22. The molecule has 0 radical (unpaired) electrons. The lowest BCUT2D eigenvalue weighted by Crippen LogP contribution is -2.38. The molecule has 0 aromatic heterocycles. The van der Waals surface area contributed by atoms with Crippen molar-refractivity contribution in [2.45, 2.75) is 50.5 Å². The van der Waals surface area contributed by atoms with Gasteiger partial charge >= 0.3 is 0 Å². The summed E-state index contributed by atoms with van der Waals surface area (Å²) < 4.78 is 11.3. The quantitative estimate of drug-likeness (QED) is 0.404. The molecule has 0 spiro atoms. The Balaban J connectivity index is 1.40. The monoisotopic (exact) mass is 359 g/mol. The van der Waals surface area contributed by atoms with Crippen molar-refractivity contribution in [2.75, 3.05) is 39.5 Å². The van der Waals surface area contributed by atoms with Crippen molar-refractivity contribution in [1.29, 1.82) is 0 Å². The lowest BCUT2D eigenvalue weighted by molar-refractivity contribution is -0.0320. The van der Waals surface area contributed by atoms with E-state index in [1.807, 2.05) is 0 Å². The van der Waals surface area contributed by atoms with Gasteiger partial charge in [0.1, 0.15) is 0 Å². The van der Waals surface area contributed by atoms with Crippen LogP contribution in [0.1, 0.15) is 44.6 Å². The molecular formula is C21H33N3O2. The summed E-state index contributed by atoms with van der Waals surface area (Å²) in [6.45, 7) is 7.19. The minimum absolute atomic E-state index is 0.260. The van der Waals surface area contributed by atoms with Crippen molar-refractivity contribution >= 4 is 5.96 Å². The second kappa shape index (κ2) is 9.93. The van der Waals surface area contributed by atoms with Crippen LogP contribution in [0, 0.1) is 0 Å². The Morgan fingerprint density at radius 1 is 1.19 bits per heavy atom. The Hall–Kier alpha value is -1.59. The second-order valence-electron chi connectivity index (χ2n) is 7.30. The number of hydrogen-bond donors (Lipinski definition) is 2. The molecule has 26 heavy (non-hydrogen) atoms. The molecule has 5 nitrogen and oxygen atoms in total. The molecule has 2 N–H and O–H groups in total. The summed E-state index contributed by atoms with van der Waals surface area (Å²) in [5, 5.41) is 6.80. The molecule has 1 aliphatic heterocycles. The summed E-state index contributed by atoms with van der Waals surface area (Å²) in [6.07, 6.45) is 5.90. The van der Waals surface area contributed by atoms with Crippen molar-refractivity contribution in [3.05, 3.63) is 35.9 Å². The van der Waals surface area contributed by atoms with E-state index in [-0.39, 0.29) is 5.41 Å². The van der Waals surface area contributed by atoms with Gasteiger partial charge in [0.2, 0.25) is 0 Å². The lowest BCUT2D eigenvalue weighted by atomic mass is 9.96. The number of aliphatic imine (C=N–C) groups is 1. The van der Waals surface area contributed by atoms with Crippen molar-refractivity contribution in [3.63, 3.8) is 0 Å². The van der Waals surface area contributed by atoms with Crippen LogP contribution in [0.4, 0.5) is 0 Å². The van der Waals surface area contributed by atoms with Gasteiger partial charge in [-0.15, -0.1) is 0 Å². The SMILES string of the molecule is CCNC(=NCC1(c2ccccc2)CC1)NCCCOC1CCOCC1. The highest BCUT2D eigenvalue weighted by Crippen LogP contribution is 2.48. The van der Waals surface area contributed by atoms with E-state index < -0.39 is 0 Å². The average molecular weight is 360 g/mol. The molecule has 3 rings (SSSR count). The third kappa shape index (κ3) is 5.71. The molecule has 144 valence electrons. The molecule has 1 heterocycles. The number of nitrogens with zero attached hydrogens (tertiary/aromatic N) is 1. The molecular weight excluding hydrogens is 326 g/mol. The van der Waals surface area contributed by atoms with E-state index in [0.717, 1.165) is 64.7 Å². The number of rotatable bonds is 9. The molecule has 5 heteroatoms. The minimum atomic E-state index is 0.260. The standard InChI is InChI=1S/C21H33N3O2/c1-2-22-20(23-13-6-14-26-19-9-15-25-16-10-19)24-17-21(11-12-21)18-7-4-3-5-8-18/h3-5,7-8,19H,2,6,9-17H2,1H3,(H2,22,23,24). The average Bonchev–Trinajstić information content (AvgIpc) is 3.48. The topological polar surface area (TPSA) is 54.9 Å². The Kier molecular flexibility index (Phi) is 7.32. The predicted molar refractivity (Wildman–Crippen MR) is 106 cm³/mol. The third-order valence-corrected chi connectivity index (χ3v) is 5.26. The summed E-state index contributed by atoms with van der Waals surface area (Å²) in [6, 6.07) is 10.8. The van der Waals surface area contributed by atoms with Gasteiger partial charge in [-0.3, -0.25) is 4.99 Å². The molecule has 1 aromatic carbocycles. The zero-order chi connectivity index (χ0) is 18.1. The van der Waals surface area contributed by atoms with Gasteiger partial charge in [-0.25, -0.2) is 0 Å². The van der Waals surface area contributed by atoms with E-state index in [9.17, 15) is 0 Å². The Labute approximate surface area is 157 Å². The van der Waals surface area contributed by atoms with Crippen LogP contribution in [0.25, 0.3) is 0 Å². The molecule has 0 unspecified atom stereocenters. The van der Waals surface area contributed by atoms with Gasteiger partial charge in [-0.05, 0) is 44.6 Å². The highest BCUT2D eigenvalue weighted by atomic mass is 16.5. The number of guanidine groups is 1. The van der Waals surface area contributed by atoms with Crippen molar-refractivity contribution < 1.29 is 9.47 Å². The Morgan fingerprint density at radius 2 is 1.96 bits per heavy atom. The van der Waals surface area contributed by atoms with Gasteiger partial charge in [0.05, 0.1) is 12.6 Å². The molecule has 1 aliphatic carbocycles. The minimum Gasteiger partial charge on any atom is -0.381 e. The maximum absolute atomic E-state index is 5.93. The first-order valence-corrected chi connectivity index (χ1v) is 10.1. The van der Waals surface area contributed by atoms with Crippen LogP contribution in [0.3, 0.4) is 0 Å². The predicted octanol–water partition coefficient (Wildman–Crippen LogP) is 2.86. The first-order chi connectivity index (χ1) is 12.8. The van der Waals surface area contributed by atoms with Crippen LogP contribution < -0.4 is 10.6 Å². The van der Waals surface area contributed by atoms with Gasteiger partial charge in [0, 0.05) is 38.3 Å². The van der Waals surface area contributed by atoms with Gasteiger partial charge in [0.25, 0.3) is 0 Å². The van der Waals surface area contributed by atoms with Crippen molar-refractivity contribution in [1.82, 2.24) is 10.6 Å². The molecule has 1 saturated carbocycles. The number of ether oxygens (including phenoxy) is 2. The van der Waals surface area contributed by atoms with E-state index in [1.165, 1.54) is 18.4 Å². The van der Waals surface area contributed by atoms with E-state index in [0.29, 0.717) is 6.10 Å². The van der Waals surface area contributed by atoms with E-state index >= 15 is 0 Å². The van der Waals surface area contributed by atoms with Gasteiger partial charge in [0.15, 0.2) is 5.96 Å². The first kappa shape index (κ1) is 19.2. The molecule has 1 saturated heterocycles. The zero-order valence-corrected chi connectivity index (χ0v) is 16.0. The summed E-state index contributed by atoms with van der Waals surface area (Å²) >= 11 is 0. The van der Waals surface area contributed by atoms with Gasteiger partial charge in [-0.1, -0.05) is 30.3 Å². The van der Waals surface area contributed by atoms with Crippen LogP contribution >= 0.6 is 0 Å². The van der Waals surface area contributed by atoms with E-state index in [2.05, 4.69) is 47.9 Å². The maximum atomic E-state index is 5.93. The van der Waals surface area contributed by atoms with Crippen LogP contribution in [-0.2, 0) is 14.9 Å². The van der Waals surface area contributed by atoms with Crippen LogP contribution in [0.2, 0.25) is 0 Å². The highest BCUT2D eigenvalue weighted by molar-refractivity contribution is 5.79. The number of benzene rings is 1. The largest absolute Gasteiger partial charge is 0.381 e. The van der Waals surface area contributed by atoms with Gasteiger partial charge < -0.3 is 20.1 Å². The van der Waals surface area contributed by atoms with Gasteiger partial charge in [-0.2, -0.15) is 0 Å². The number of nitrogens with one attached hydrogen (secondary N) is 2. The fraction of sp³-hybridized carbons (Fsp3) is 0.667. The summed E-state index contributed by atoms with van der Waals surface area (Å²) in [5.74, 6) is 0.917. The Morgan fingerprint density at radius 3 is 2.65 bits per heavy atom. The zero-order valence-electron chi connectivity index (χ0n) is 16.0. The Bertz CT molecular complexity index is 552. The van der Waals surface area contributed by atoms with Crippen molar-refractivity contribution in [3.8, 4) is 0 Å². The summed E-state index contributed by atoms with van der Waals surface area (Å²) in [7, 11) is 0. The van der Waals surface area contributed by atoms with Crippen LogP contribution in [0.5, 0.6) is 0 Å². The van der Waals surface area contributed by atoms with E-state index in [1.54, 1.807) is 0 Å². The normalized spacial score (nSPS) is 20.0. The highest BCUT2D eigenvalue weighted by Gasteiger charge is 2.43. The summed E-state index contributed by atoms with van der Waals surface area (Å²) in [5.41, 5.74) is 1.68. The molecule has 0 atom stereocenters. The molecule has 2 fully saturated rings. The third-order valence-electron chi connectivity index (χ3n) is 5.26. The molecule has 2 aliphatic rings. The fourth-order valence-electron chi connectivity index (χ4n) is 3.42. The maximum Gasteiger partial charge on any atom is 0.191 e. The fourth-order valence-corrected chi connectivity index (χ4v) is 3.42.